The zero-order valence-electron chi connectivity index (χ0n) is 52.8. The molecule has 6 fully saturated rings. The molecular weight excluding hydrogens is 1180 g/mol. The molecule has 9 amide bonds. The van der Waals surface area contributed by atoms with Crippen LogP contribution in [0.1, 0.15) is 86.1 Å². The first-order chi connectivity index (χ1) is 43.9. The monoisotopic (exact) mass is 1260 g/mol. The highest BCUT2D eigenvalue weighted by Gasteiger charge is 2.57. The van der Waals surface area contributed by atoms with E-state index in [0.717, 1.165) is 70.2 Å². The minimum atomic E-state index is -1.35. The van der Waals surface area contributed by atoms with E-state index >= 15 is 0 Å². The number of ether oxygens (including phenoxy) is 2. The molecule has 0 spiro atoms. The molecule has 11 rings (SSSR count). The normalized spacial score (nSPS) is 22.2. The topological polar surface area (TPSA) is 294 Å². The number of pyridine rings is 2. The van der Waals surface area contributed by atoms with Crippen molar-refractivity contribution in [2.45, 2.75) is 95.4 Å². The highest BCUT2D eigenvalue weighted by Crippen LogP contribution is 2.38. The first-order valence-corrected chi connectivity index (χ1v) is 31.1. The molecule has 8 heterocycles. The Morgan fingerprint density at radius 1 is 0.609 bits per heavy atom. The van der Waals surface area contributed by atoms with E-state index in [-0.39, 0.29) is 54.7 Å². The van der Waals surface area contributed by atoms with Gasteiger partial charge in [0.1, 0.15) is 23.0 Å². The van der Waals surface area contributed by atoms with Crippen LogP contribution in [0.4, 0.5) is 37.4 Å². The second-order valence-electron chi connectivity index (χ2n) is 25.5. The van der Waals surface area contributed by atoms with Crippen molar-refractivity contribution >= 4 is 76.7 Å². The number of urea groups is 2. The number of nitrogens with zero attached hydrogens (tertiary/aromatic N) is 11. The van der Waals surface area contributed by atoms with Gasteiger partial charge in [-0.15, -0.1) is 0 Å². The maximum absolute atomic E-state index is 13.8. The number of carboxylic acid groups (broad SMARTS) is 2. The molecule has 6 atom stereocenters. The quantitative estimate of drug-likeness (QED) is 0.105. The number of β-lactam (4-membered cyclic amide) rings is 2. The van der Waals surface area contributed by atoms with Crippen molar-refractivity contribution in [2.24, 2.45) is 11.8 Å². The average Bonchev–Trinajstić information content (AvgIpc) is 0.757. The van der Waals surface area contributed by atoms with Crippen molar-refractivity contribution in [2.75, 3.05) is 107 Å². The predicted molar refractivity (Wildman–Crippen MR) is 340 cm³/mol. The Balaban J connectivity index is 0.000000214. The van der Waals surface area contributed by atoms with E-state index in [0.29, 0.717) is 75.7 Å². The van der Waals surface area contributed by atoms with Crippen molar-refractivity contribution in [3.8, 4) is 5.75 Å². The molecule has 25 heteroatoms. The summed E-state index contributed by atoms with van der Waals surface area (Å²) in [5, 5.41) is 20.1. The molecule has 2 unspecified atom stereocenters. The summed E-state index contributed by atoms with van der Waals surface area (Å²) in [4.78, 5) is 139. The molecule has 0 bridgehead atoms. The van der Waals surface area contributed by atoms with Crippen LogP contribution in [0, 0.1) is 11.8 Å². The fourth-order valence-electron chi connectivity index (χ4n) is 13.0. The SMILES string of the molecule is CN1CCN(c2cccc(C3CCCN(C(=O)N4C(=O)[C@H](Cc5ccnc(N)c5)[C@H]4C(=O)O)C3)c2)C(=O)C1.COc1ccc(CN(C(=O)OC(C)(C)C)c2cc(C[C@H]3C(=O)N(C(=O)N4CCCC(c5cccc(N6CCN(C)CC6=O)c5)C4)[C@@H]3C(=O)O)ccn2)cc1. The number of hydrogen-bond donors (Lipinski definition) is 3. The van der Waals surface area contributed by atoms with Crippen LogP contribution in [0.15, 0.2) is 109 Å². The Kier molecular flexibility index (Phi) is 19.9. The molecule has 5 aromatic rings. The van der Waals surface area contributed by atoms with Crippen molar-refractivity contribution < 1.29 is 62.8 Å². The number of imide groups is 2. The standard InChI is InChI=1S/C40H48N6O8.C27H32N6O5/c1-40(2,3)54-39(52)45(23-26-11-13-31(53-5)14-12-26)33-21-27(15-16-41-33)20-32-35(37(49)50)46(36(32)48)38(51)43-17-7-9-29(24-43)28-8-6-10-30(22-28)44-19-18-42(4)25-34(44)47;1-30-10-11-32(23(34)16-30)20-6-2-4-18(14-20)19-5-3-9-31(15-19)27(38)33-24(26(36)37)21(25(33)35)12-17-7-8-29-22(28)13-17/h6,8,10-16,21-22,29,32,35H,7,9,17-20,23-25H2,1-5H3,(H,49,50);2,4,6-8,13-14,19,21,24H,3,5,9-12,15-16H2,1H3,(H2,28,29)(H,36,37)/t29?,32-,35+;19?,21-,24+/m11/s1. The number of carbonyl (C=O) groups is 9. The van der Waals surface area contributed by atoms with E-state index in [9.17, 15) is 53.4 Å². The number of piperazine rings is 2. The van der Waals surface area contributed by atoms with Gasteiger partial charge in [0.25, 0.3) is 0 Å². The van der Waals surface area contributed by atoms with E-state index in [4.69, 9.17) is 15.2 Å². The van der Waals surface area contributed by atoms with Gasteiger partial charge in [-0.25, -0.2) is 43.7 Å². The van der Waals surface area contributed by atoms with Crippen molar-refractivity contribution in [1.82, 2.24) is 39.4 Å². The number of methoxy groups -OCH3 is 1. The fraction of sp³-hybridized carbons (Fsp3) is 0.448. The van der Waals surface area contributed by atoms with Crippen molar-refractivity contribution in [3.63, 3.8) is 0 Å². The third-order valence-corrected chi connectivity index (χ3v) is 17.8. The maximum atomic E-state index is 13.8. The van der Waals surface area contributed by atoms with Crippen LogP contribution in [-0.2, 0) is 52.9 Å². The number of benzene rings is 3. The van der Waals surface area contributed by atoms with Crippen molar-refractivity contribution in [3.05, 3.63) is 137 Å². The molecular formula is C67H80N12O13. The zero-order chi connectivity index (χ0) is 65.7. The number of likely N-dealkylation sites (N-methyl/N-ethyl adjacent to an activating group) is 2. The van der Waals surface area contributed by atoms with Gasteiger partial charge in [-0.05, 0) is 162 Å². The second kappa shape index (κ2) is 27.9. The highest BCUT2D eigenvalue weighted by molar-refractivity contribution is 6.08. The Morgan fingerprint density at radius 2 is 1.09 bits per heavy atom. The zero-order valence-corrected chi connectivity index (χ0v) is 52.8. The molecule has 92 heavy (non-hydrogen) atoms. The largest absolute Gasteiger partial charge is 0.497 e. The van der Waals surface area contributed by atoms with Gasteiger partial charge in [-0.2, -0.15) is 0 Å². The number of rotatable bonds is 14. The van der Waals surface area contributed by atoms with Crippen LogP contribution in [-0.4, -0.2) is 208 Å². The number of carboxylic acids is 2. The number of carbonyl (C=O) groups excluding carboxylic acids is 7. The lowest BCUT2D eigenvalue weighted by atomic mass is 9.82. The Hall–Kier alpha value is -9.49. The molecule has 6 saturated heterocycles. The number of nitrogens with two attached hydrogens (primary N) is 1. The molecule has 0 radical (unpaired) electrons. The minimum absolute atomic E-state index is 0.0189. The summed E-state index contributed by atoms with van der Waals surface area (Å²) in [6, 6.07) is 25.7. The number of amides is 9. The van der Waals surface area contributed by atoms with E-state index in [2.05, 4.69) is 9.97 Å². The Morgan fingerprint density at radius 3 is 1.53 bits per heavy atom. The van der Waals surface area contributed by atoms with Crippen LogP contribution in [0.25, 0.3) is 0 Å². The summed E-state index contributed by atoms with van der Waals surface area (Å²) in [5.74, 6) is -4.07. The molecule has 0 aliphatic carbocycles. The third kappa shape index (κ3) is 14.8. The second-order valence-corrected chi connectivity index (χ2v) is 25.5. The number of hydrogen-bond acceptors (Lipinski definition) is 16. The Bertz CT molecular complexity index is 3620. The van der Waals surface area contributed by atoms with Gasteiger partial charge >= 0.3 is 30.1 Å². The van der Waals surface area contributed by atoms with Crippen LogP contribution in [0.2, 0.25) is 0 Å². The highest BCUT2D eigenvalue weighted by atomic mass is 16.6. The summed E-state index contributed by atoms with van der Waals surface area (Å²) >= 11 is 0. The molecule has 0 saturated carbocycles. The number of aliphatic carboxylic acids is 2. The molecule has 2 aromatic heterocycles. The number of likely N-dealkylation sites (tertiary alicyclic amines) is 4. The molecule has 4 N–H and O–H groups in total. The summed E-state index contributed by atoms with van der Waals surface area (Å²) in [6.45, 7) is 10.5. The first-order valence-electron chi connectivity index (χ1n) is 31.1. The van der Waals surface area contributed by atoms with Gasteiger partial charge in [0, 0.05) is 88.0 Å². The number of aromatic nitrogens is 2. The minimum Gasteiger partial charge on any atom is -0.497 e. The van der Waals surface area contributed by atoms with Gasteiger partial charge < -0.3 is 45.0 Å². The number of nitrogen functional groups attached to an aromatic ring is 1. The summed E-state index contributed by atoms with van der Waals surface area (Å²) in [6.07, 6.45) is 5.66. The molecule has 6 aliphatic heterocycles. The molecule has 3 aromatic carbocycles. The lowest BCUT2D eigenvalue weighted by Crippen LogP contribution is -2.69. The van der Waals surface area contributed by atoms with Crippen LogP contribution in [0.5, 0.6) is 5.75 Å². The van der Waals surface area contributed by atoms with E-state index < -0.39 is 71.4 Å². The smallest absolute Gasteiger partial charge is 0.416 e. The number of anilines is 4. The van der Waals surface area contributed by atoms with E-state index in [1.165, 1.54) is 17.3 Å². The van der Waals surface area contributed by atoms with Crippen molar-refractivity contribution in [1.29, 1.82) is 0 Å². The maximum Gasteiger partial charge on any atom is 0.416 e. The molecule has 486 valence electrons. The van der Waals surface area contributed by atoms with Gasteiger partial charge in [-0.1, -0.05) is 36.4 Å². The van der Waals surface area contributed by atoms with E-state index in [1.54, 1.807) is 83.9 Å². The summed E-state index contributed by atoms with van der Waals surface area (Å²) in [5.41, 5.74) is 10.7. The van der Waals surface area contributed by atoms with Crippen LogP contribution < -0.4 is 25.2 Å². The van der Waals surface area contributed by atoms with Crippen LogP contribution >= 0.6 is 0 Å². The summed E-state index contributed by atoms with van der Waals surface area (Å²) < 4.78 is 10.9. The van der Waals surface area contributed by atoms with Gasteiger partial charge in [-0.3, -0.25) is 33.9 Å². The van der Waals surface area contributed by atoms with Gasteiger partial charge in [0.05, 0.1) is 38.6 Å². The lowest BCUT2D eigenvalue weighted by molar-refractivity contribution is -0.166. The number of piperidine rings is 2. The molecule has 25 nitrogen and oxygen atoms in total. The van der Waals surface area contributed by atoms with Crippen LogP contribution in [0.3, 0.4) is 0 Å². The molecule has 6 aliphatic rings. The van der Waals surface area contributed by atoms with E-state index in [1.807, 2.05) is 84.6 Å². The first kappa shape index (κ1) is 65.5. The lowest BCUT2D eigenvalue weighted by Gasteiger charge is -2.46. The predicted octanol–water partition coefficient (Wildman–Crippen LogP) is 6.16. The summed E-state index contributed by atoms with van der Waals surface area (Å²) in [7, 11) is 5.41. The fourth-order valence-corrected chi connectivity index (χ4v) is 13.0. The Labute approximate surface area is 534 Å². The van der Waals surface area contributed by atoms with Gasteiger partial charge in [0.2, 0.25) is 23.6 Å². The van der Waals surface area contributed by atoms with Gasteiger partial charge in [0.15, 0.2) is 12.1 Å². The third-order valence-electron chi connectivity index (χ3n) is 17.8. The average molecular weight is 1260 g/mol.